The van der Waals surface area contributed by atoms with Gasteiger partial charge in [0.1, 0.15) is 5.76 Å². The van der Waals surface area contributed by atoms with E-state index < -0.39 is 14.9 Å². The van der Waals surface area contributed by atoms with Crippen LogP contribution in [0.5, 0.6) is 0 Å². The number of rotatable bonds is 4. The molecule has 0 amide bonds. The first-order chi connectivity index (χ1) is 10.1. The van der Waals surface area contributed by atoms with Gasteiger partial charge in [0.05, 0.1) is 9.82 Å². The highest BCUT2D eigenvalue weighted by molar-refractivity contribution is 7.92. The van der Waals surface area contributed by atoms with E-state index in [1.807, 2.05) is 20.8 Å². The average molecular weight is 325 g/mol. The summed E-state index contributed by atoms with van der Waals surface area (Å²) in [5.41, 5.74) is -0.486. The molecule has 9 heteroatoms. The number of hydrogen-bond donors (Lipinski definition) is 1. The van der Waals surface area contributed by atoms with Crippen LogP contribution in [0.4, 0.5) is 11.5 Å². The lowest BCUT2D eigenvalue weighted by molar-refractivity contribution is -0.384. The standard InChI is InChI=1S/C13H15N3O5S/c1-13(2,3)11-8-12(14-21-11)15-22(19,20)10-6-4-9(5-7-10)16(17)18/h4-8H,1-3H3,(H,14,15). The molecule has 22 heavy (non-hydrogen) atoms. The molecule has 0 saturated heterocycles. The summed E-state index contributed by atoms with van der Waals surface area (Å²) in [7, 11) is -3.88. The zero-order valence-electron chi connectivity index (χ0n) is 12.2. The number of benzene rings is 1. The molecule has 0 radical (unpaired) electrons. The highest BCUT2D eigenvalue weighted by atomic mass is 32.2. The van der Waals surface area contributed by atoms with Gasteiger partial charge in [-0.1, -0.05) is 25.9 Å². The maximum atomic E-state index is 12.2. The van der Waals surface area contributed by atoms with Gasteiger partial charge in [0.25, 0.3) is 15.7 Å². The first kappa shape index (κ1) is 16.0. The monoisotopic (exact) mass is 325 g/mol. The molecule has 0 unspecified atom stereocenters. The minimum atomic E-state index is -3.88. The van der Waals surface area contributed by atoms with E-state index in [1.54, 1.807) is 0 Å². The fourth-order valence-electron chi connectivity index (χ4n) is 1.62. The Morgan fingerprint density at radius 2 is 1.82 bits per heavy atom. The van der Waals surface area contributed by atoms with Crippen molar-refractivity contribution in [2.75, 3.05) is 4.72 Å². The highest BCUT2D eigenvalue weighted by Crippen LogP contribution is 2.25. The van der Waals surface area contributed by atoms with Crippen molar-refractivity contribution in [2.45, 2.75) is 31.1 Å². The molecule has 8 nitrogen and oxygen atoms in total. The summed E-state index contributed by atoms with van der Waals surface area (Å²) in [6.07, 6.45) is 0. The molecule has 1 heterocycles. The van der Waals surface area contributed by atoms with Crippen molar-refractivity contribution in [3.8, 4) is 0 Å². The second-order valence-electron chi connectivity index (χ2n) is 5.68. The van der Waals surface area contributed by atoms with Crippen LogP contribution in [0.1, 0.15) is 26.5 Å². The van der Waals surface area contributed by atoms with E-state index in [4.69, 9.17) is 4.52 Å². The van der Waals surface area contributed by atoms with Gasteiger partial charge in [-0.15, -0.1) is 0 Å². The van der Waals surface area contributed by atoms with Crippen molar-refractivity contribution in [1.29, 1.82) is 0 Å². The molecule has 0 aliphatic carbocycles. The third-order valence-corrected chi connectivity index (χ3v) is 4.22. The van der Waals surface area contributed by atoms with Crippen molar-refractivity contribution >= 4 is 21.5 Å². The predicted octanol–water partition coefficient (Wildman–Crippen LogP) is 2.68. The van der Waals surface area contributed by atoms with Gasteiger partial charge >= 0.3 is 0 Å². The van der Waals surface area contributed by atoms with Gasteiger partial charge in [-0.05, 0) is 12.1 Å². The molecule has 0 bridgehead atoms. The lowest BCUT2D eigenvalue weighted by Crippen LogP contribution is -2.13. The number of nitro benzene ring substituents is 1. The normalized spacial score (nSPS) is 12.1. The van der Waals surface area contributed by atoms with Gasteiger partial charge in [-0.3, -0.25) is 14.8 Å². The van der Waals surface area contributed by atoms with Crippen LogP contribution in [0.2, 0.25) is 0 Å². The number of non-ortho nitro benzene ring substituents is 1. The zero-order chi connectivity index (χ0) is 16.5. The molecule has 0 aliphatic rings. The molecule has 1 aromatic heterocycles. The second kappa shape index (κ2) is 5.41. The highest BCUT2D eigenvalue weighted by Gasteiger charge is 2.22. The predicted molar refractivity (Wildman–Crippen MR) is 79.1 cm³/mol. The van der Waals surface area contributed by atoms with Crippen molar-refractivity contribution in [3.63, 3.8) is 0 Å². The topological polar surface area (TPSA) is 115 Å². The molecule has 1 aromatic carbocycles. The Labute approximate surface area is 127 Å². The molecule has 0 aliphatic heterocycles. The third-order valence-electron chi connectivity index (χ3n) is 2.85. The number of anilines is 1. The van der Waals surface area contributed by atoms with Crippen molar-refractivity contribution in [1.82, 2.24) is 5.16 Å². The Hall–Kier alpha value is -2.42. The van der Waals surface area contributed by atoms with E-state index in [9.17, 15) is 18.5 Å². The Bertz CT molecular complexity index is 788. The maximum absolute atomic E-state index is 12.2. The number of nitrogens with zero attached hydrogens (tertiary/aromatic N) is 2. The van der Waals surface area contributed by atoms with Crippen LogP contribution in [0.25, 0.3) is 0 Å². The number of nitrogens with one attached hydrogen (secondary N) is 1. The van der Waals surface area contributed by atoms with Crippen LogP contribution in [-0.2, 0) is 15.4 Å². The second-order valence-corrected chi connectivity index (χ2v) is 7.37. The summed E-state index contributed by atoms with van der Waals surface area (Å²) < 4.78 is 31.7. The minimum absolute atomic E-state index is 0.0586. The van der Waals surface area contributed by atoms with E-state index in [-0.39, 0.29) is 21.8 Å². The zero-order valence-corrected chi connectivity index (χ0v) is 13.0. The van der Waals surface area contributed by atoms with Crippen LogP contribution >= 0.6 is 0 Å². The van der Waals surface area contributed by atoms with E-state index in [0.717, 1.165) is 24.3 Å². The number of sulfonamides is 1. The summed E-state index contributed by atoms with van der Waals surface area (Å²) >= 11 is 0. The first-order valence-corrected chi connectivity index (χ1v) is 7.82. The van der Waals surface area contributed by atoms with E-state index in [0.29, 0.717) is 5.76 Å². The fourth-order valence-corrected chi connectivity index (χ4v) is 2.60. The molecule has 1 N–H and O–H groups in total. The van der Waals surface area contributed by atoms with E-state index in [1.165, 1.54) is 6.07 Å². The van der Waals surface area contributed by atoms with Gasteiger partial charge in [-0.2, -0.15) is 0 Å². The molecular weight excluding hydrogens is 310 g/mol. The number of aromatic nitrogens is 1. The van der Waals surface area contributed by atoms with Crippen molar-refractivity contribution < 1.29 is 17.9 Å². The van der Waals surface area contributed by atoms with Gasteiger partial charge in [-0.25, -0.2) is 8.42 Å². The van der Waals surface area contributed by atoms with Gasteiger partial charge in [0, 0.05) is 23.6 Å². The van der Waals surface area contributed by atoms with Crippen molar-refractivity contribution in [3.05, 3.63) is 46.2 Å². The molecule has 0 spiro atoms. The van der Waals surface area contributed by atoms with Crippen LogP contribution in [-0.4, -0.2) is 18.5 Å². The van der Waals surface area contributed by atoms with Crippen molar-refractivity contribution in [2.24, 2.45) is 0 Å². The lowest BCUT2D eigenvalue weighted by Gasteiger charge is -2.12. The Kier molecular flexibility index (Phi) is 3.92. The molecule has 0 atom stereocenters. The third kappa shape index (κ3) is 3.42. The SMILES string of the molecule is CC(C)(C)c1cc(NS(=O)(=O)c2ccc([N+](=O)[O-])cc2)no1. The quantitative estimate of drug-likeness (QED) is 0.682. The smallest absolute Gasteiger partial charge is 0.269 e. The number of nitro groups is 1. The van der Waals surface area contributed by atoms with Gasteiger partial charge < -0.3 is 4.52 Å². The summed E-state index contributed by atoms with van der Waals surface area (Å²) in [6.45, 7) is 5.71. The summed E-state index contributed by atoms with van der Waals surface area (Å²) in [5.74, 6) is 0.595. The van der Waals surface area contributed by atoms with E-state index >= 15 is 0 Å². The molecule has 0 fully saturated rings. The molecule has 2 aromatic rings. The fraction of sp³-hybridized carbons (Fsp3) is 0.308. The molecule has 118 valence electrons. The van der Waals surface area contributed by atoms with Crippen LogP contribution in [0.3, 0.4) is 0 Å². The Morgan fingerprint density at radius 1 is 1.23 bits per heavy atom. The van der Waals surface area contributed by atoms with Crippen LogP contribution < -0.4 is 4.72 Å². The molecule has 2 rings (SSSR count). The Balaban J connectivity index is 2.24. The molecular formula is C13H15N3O5S. The van der Waals surface area contributed by atoms with Crippen LogP contribution in [0.15, 0.2) is 39.8 Å². The largest absolute Gasteiger partial charge is 0.359 e. The van der Waals surface area contributed by atoms with E-state index in [2.05, 4.69) is 9.88 Å². The summed E-state index contributed by atoms with van der Waals surface area (Å²) in [6, 6.07) is 6.06. The summed E-state index contributed by atoms with van der Waals surface area (Å²) in [5, 5.41) is 14.2. The van der Waals surface area contributed by atoms with Gasteiger partial charge in [0.15, 0.2) is 5.82 Å². The minimum Gasteiger partial charge on any atom is -0.359 e. The maximum Gasteiger partial charge on any atom is 0.269 e. The lowest BCUT2D eigenvalue weighted by atomic mass is 9.93. The van der Waals surface area contributed by atoms with Crippen LogP contribution in [0, 0.1) is 10.1 Å². The van der Waals surface area contributed by atoms with Gasteiger partial charge in [0.2, 0.25) is 0 Å². The average Bonchev–Trinajstić information content (AvgIpc) is 2.86. The number of hydrogen-bond acceptors (Lipinski definition) is 6. The Morgan fingerprint density at radius 3 is 2.27 bits per heavy atom. The first-order valence-electron chi connectivity index (χ1n) is 6.34. The molecule has 0 saturated carbocycles. The summed E-state index contributed by atoms with van der Waals surface area (Å²) in [4.78, 5) is 9.87.